The highest BCUT2D eigenvalue weighted by molar-refractivity contribution is 6.24. The normalized spacial score (nSPS) is 24.1. The van der Waals surface area contributed by atoms with Crippen LogP contribution in [0.15, 0.2) is 47.2 Å². The zero-order chi connectivity index (χ0) is 32.2. The van der Waals surface area contributed by atoms with E-state index in [9.17, 15) is 34.8 Å². The summed E-state index contributed by atoms with van der Waals surface area (Å²) < 4.78 is 5.28. The highest BCUT2D eigenvalue weighted by atomic mass is 16.5. The predicted molar refractivity (Wildman–Crippen MR) is 169 cm³/mol. The largest absolute Gasteiger partial charge is 0.508 e. The van der Waals surface area contributed by atoms with Crippen molar-refractivity contribution in [2.45, 2.75) is 45.0 Å². The first-order valence-corrected chi connectivity index (χ1v) is 14.3. The molecule has 0 aromatic heterocycles. The number of phenols is 1. The van der Waals surface area contributed by atoms with Gasteiger partial charge in [0.1, 0.15) is 28.6 Å². The number of rotatable bonds is 8. The first-order chi connectivity index (χ1) is 20.7. The summed E-state index contributed by atoms with van der Waals surface area (Å²) in [4.78, 5) is 42.9. The lowest BCUT2D eigenvalue weighted by molar-refractivity contribution is -0.153. The maximum Gasteiger partial charge on any atom is 0.255 e. The molecule has 1 saturated carbocycles. The van der Waals surface area contributed by atoms with Crippen LogP contribution in [0.1, 0.15) is 36.1 Å². The van der Waals surface area contributed by atoms with Crippen molar-refractivity contribution in [1.29, 1.82) is 0 Å². The van der Waals surface area contributed by atoms with E-state index in [4.69, 9.17) is 10.5 Å². The number of carbonyl (C=O) groups is 3. The van der Waals surface area contributed by atoms with Gasteiger partial charge in [0, 0.05) is 49.9 Å². The summed E-state index contributed by atoms with van der Waals surface area (Å²) in [7, 11) is 8.39. The van der Waals surface area contributed by atoms with E-state index in [1.807, 2.05) is 49.3 Å². The summed E-state index contributed by atoms with van der Waals surface area (Å²) in [6, 6.07) is 8.23. The molecule has 0 unspecified atom stereocenters. The molecule has 0 bridgehead atoms. The van der Waals surface area contributed by atoms with Crippen molar-refractivity contribution in [2.75, 3.05) is 40.2 Å². The van der Waals surface area contributed by atoms with E-state index in [0.717, 1.165) is 11.3 Å². The van der Waals surface area contributed by atoms with Gasteiger partial charge in [0.2, 0.25) is 5.78 Å². The fourth-order valence-corrected chi connectivity index (χ4v) is 7.00. The minimum absolute atomic E-state index is 0. The SMILES string of the molecule is C.COc1cccc(CNCc2cc(N(C)C)c3c(c2O)C(O)=C2C(=O)[C@]4(O)C(O)=C(C(N)=O)C(=O)[C@@H](N(C)C)[C@@H]4C[C@@H]2C3)c1. The molecular formula is C33H42N4O8. The number of primary amides is 1. The lowest BCUT2D eigenvalue weighted by Crippen LogP contribution is -2.65. The monoisotopic (exact) mass is 622 g/mol. The summed E-state index contributed by atoms with van der Waals surface area (Å²) in [5, 5.41) is 49.3. The lowest BCUT2D eigenvalue weighted by Gasteiger charge is -2.50. The molecule has 5 rings (SSSR count). The maximum atomic E-state index is 14.1. The van der Waals surface area contributed by atoms with Crippen LogP contribution < -0.4 is 20.7 Å². The minimum Gasteiger partial charge on any atom is -0.508 e. The average Bonchev–Trinajstić information content (AvgIpc) is 2.95. The molecule has 242 valence electrons. The number of hydrogen-bond acceptors (Lipinski definition) is 11. The van der Waals surface area contributed by atoms with E-state index in [-0.39, 0.29) is 43.7 Å². The van der Waals surface area contributed by atoms with Gasteiger partial charge in [-0.05, 0) is 62.2 Å². The van der Waals surface area contributed by atoms with Gasteiger partial charge in [-0.1, -0.05) is 19.6 Å². The summed E-state index contributed by atoms with van der Waals surface area (Å²) in [5.41, 5.74) is 4.52. The van der Waals surface area contributed by atoms with Crippen molar-refractivity contribution in [2.24, 2.45) is 17.6 Å². The Morgan fingerprint density at radius 1 is 1.11 bits per heavy atom. The molecule has 0 aliphatic heterocycles. The number of nitrogens with two attached hydrogens (primary N) is 1. The topological polar surface area (TPSA) is 186 Å². The Morgan fingerprint density at radius 3 is 2.40 bits per heavy atom. The van der Waals surface area contributed by atoms with Crippen molar-refractivity contribution in [3.8, 4) is 11.5 Å². The molecular weight excluding hydrogens is 580 g/mol. The second-order valence-corrected chi connectivity index (χ2v) is 12.1. The zero-order valence-corrected chi connectivity index (χ0v) is 25.3. The van der Waals surface area contributed by atoms with Gasteiger partial charge in [-0.3, -0.25) is 19.3 Å². The number of phenolic OH excluding ortho intramolecular Hbond substituents is 1. The van der Waals surface area contributed by atoms with Gasteiger partial charge < -0.3 is 41.1 Å². The smallest absolute Gasteiger partial charge is 0.255 e. The number of methoxy groups -OCH3 is 1. The molecule has 3 aliphatic carbocycles. The highest BCUT2D eigenvalue weighted by Gasteiger charge is 2.64. The van der Waals surface area contributed by atoms with Crippen molar-refractivity contribution in [3.05, 3.63) is 69.5 Å². The van der Waals surface area contributed by atoms with Crippen molar-refractivity contribution >= 4 is 28.9 Å². The van der Waals surface area contributed by atoms with E-state index in [2.05, 4.69) is 5.32 Å². The van der Waals surface area contributed by atoms with E-state index >= 15 is 0 Å². The third-order valence-electron chi connectivity index (χ3n) is 9.04. The Bertz CT molecular complexity index is 1630. The fraction of sp³-hybridized carbons (Fsp3) is 0.424. The number of aliphatic hydroxyl groups excluding tert-OH is 2. The molecule has 2 aromatic carbocycles. The van der Waals surface area contributed by atoms with Crippen LogP contribution in [-0.4, -0.2) is 89.7 Å². The lowest BCUT2D eigenvalue weighted by atomic mass is 9.57. The number of carbonyl (C=O) groups excluding carboxylic acids is 3. The summed E-state index contributed by atoms with van der Waals surface area (Å²) >= 11 is 0. The number of ether oxygens (including phenoxy) is 1. The number of benzene rings is 2. The van der Waals surface area contributed by atoms with Crippen LogP contribution in [-0.2, 0) is 33.9 Å². The molecule has 2 aromatic rings. The first kappa shape index (κ1) is 33.5. The molecule has 12 heteroatoms. The third kappa shape index (κ3) is 5.22. The molecule has 4 atom stereocenters. The zero-order valence-electron chi connectivity index (χ0n) is 25.3. The van der Waals surface area contributed by atoms with Crippen molar-refractivity contribution in [1.82, 2.24) is 10.2 Å². The number of fused-ring (bicyclic) bond motifs is 3. The van der Waals surface area contributed by atoms with Crippen LogP contribution in [0, 0.1) is 11.8 Å². The molecule has 0 spiro atoms. The number of ketones is 2. The molecule has 0 radical (unpaired) electrons. The molecule has 3 aliphatic rings. The van der Waals surface area contributed by atoms with Gasteiger partial charge in [-0.25, -0.2) is 0 Å². The molecule has 7 N–H and O–H groups in total. The van der Waals surface area contributed by atoms with Crippen LogP contribution in [0.3, 0.4) is 0 Å². The molecule has 1 amide bonds. The number of hydrogen-bond donors (Lipinski definition) is 6. The third-order valence-corrected chi connectivity index (χ3v) is 9.04. The first-order valence-electron chi connectivity index (χ1n) is 14.3. The predicted octanol–water partition coefficient (Wildman–Crippen LogP) is 1.96. The van der Waals surface area contributed by atoms with Crippen LogP contribution in [0.25, 0.3) is 5.76 Å². The number of anilines is 1. The number of Topliss-reactive ketones (excluding diaryl/α,β-unsaturated/α-hetero) is 2. The van der Waals surface area contributed by atoms with Crippen molar-refractivity contribution in [3.63, 3.8) is 0 Å². The number of aromatic hydroxyl groups is 1. The number of aliphatic hydroxyl groups is 3. The molecule has 45 heavy (non-hydrogen) atoms. The van der Waals surface area contributed by atoms with Crippen LogP contribution >= 0.6 is 0 Å². The maximum absolute atomic E-state index is 14.1. The number of nitrogens with zero attached hydrogens (tertiary/aromatic N) is 2. The standard InChI is InChI=1S/C32H38N4O8.CH4/c1-35(2)21-12-17(14-34-13-15-7-6-8-18(9-15)44-5)26(37)23-19(21)10-16-11-20-25(36(3)4)28(39)24(31(33)42)30(41)32(20,43)29(40)22(16)27(23)38;/h6-9,12,16,20,25,34,37-38,41,43H,10-11,13-14H2,1-5H3,(H2,33,42);1H4/t16-,20-,25-,32-;/m0./s1. The molecule has 0 saturated heterocycles. The molecule has 12 nitrogen and oxygen atoms in total. The van der Waals surface area contributed by atoms with Crippen LogP contribution in [0.4, 0.5) is 5.69 Å². The Kier molecular flexibility index (Phi) is 9.07. The molecule has 1 fully saturated rings. The van der Waals surface area contributed by atoms with E-state index < -0.39 is 58.0 Å². The number of nitrogens with one attached hydrogen (secondary N) is 1. The second kappa shape index (κ2) is 12.2. The minimum atomic E-state index is -2.68. The molecule has 0 heterocycles. The van der Waals surface area contributed by atoms with E-state index in [0.29, 0.717) is 23.4 Å². The summed E-state index contributed by atoms with van der Waals surface area (Å²) in [6.07, 6.45) is 0.246. The van der Waals surface area contributed by atoms with Gasteiger partial charge in [0.15, 0.2) is 11.4 Å². The van der Waals surface area contributed by atoms with E-state index in [1.54, 1.807) is 21.2 Å². The highest BCUT2D eigenvalue weighted by Crippen LogP contribution is 2.54. The number of amides is 1. The van der Waals surface area contributed by atoms with Gasteiger partial charge in [-0.2, -0.15) is 0 Å². The summed E-state index contributed by atoms with van der Waals surface area (Å²) in [6.45, 7) is 0.688. The van der Waals surface area contributed by atoms with Crippen LogP contribution in [0.2, 0.25) is 0 Å². The van der Waals surface area contributed by atoms with Gasteiger partial charge in [0.05, 0.1) is 18.7 Å². The van der Waals surface area contributed by atoms with Gasteiger partial charge >= 0.3 is 0 Å². The Hall–Kier alpha value is -4.39. The Morgan fingerprint density at radius 2 is 1.80 bits per heavy atom. The number of likely N-dealkylation sites (N-methyl/N-ethyl adjacent to an activating group) is 1. The van der Waals surface area contributed by atoms with Gasteiger partial charge in [0.25, 0.3) is 5.91 Å². The fourth-order valence-electron chi connectivity index (χ4n) is 7.00. The van der Waals surface area contributed by atoms with Crippen LogP contribution in [0.5, 0.6) is 11.5 Å². The average molecular weight is 623 g/mol. The Labute approximate surface area is 262 Å². The summed E-state index contributed by atoms with van der Waals surface area (Å²) in [5.74, 6) is -6.00. The second-order valence-electron chi connectivity index (χ2n) is 12.1. The van der Waals surface area contributed by atoms with Crippen molar-refractivity contribution < 1.29 is 39.5 Å². The van der Waals surface area contributed by atoms with E-state index in [1.165, 1.54) is 4.90 Å². The Balaban J connectivity index is 0.00000461. The quantitative estimate of drug-likeness (QED) is 0.237. The van der Waals surface area contributed by atoms with Gasteiger partial charge in [-0.15, -0.1) is 0 Å².